The fourth-order valence-corrected chi connectivity index (χ4v) is 3.76. The van der Waals surface area contributed by atoms with Crippen molar-refractivity contribution >= 4 is 29.3 Å². The number of para-hydroxylation sites is 1. The van der Waals surface area contributed by atoms with Gasteiger partial charge in [-0.15, -0.1) is 10.2 Å². The highest BCUT2D eigenvalue weighted by molar-refractivity contribution is 8.00. The molecule has 3 N–H and O–H groups in total. The summed E-state index contributed by atoms with van der Waals surface area (Å²) in [6, 6.07) is 19.6. The number of amides is 2. The van der Waals surface area contributed by atoms with Crippen molar-refractivity contribution in [3.63, 3.8) is 0 Å². The molecule has 0 saturated heterocycles. The first kappa shape index (κ1) is 20.4. The van der Waals surface area contributed by atoms with E-state index in [1.807, 2.05) is 41.0 Å². The van der Waals surface area contributed by atoms with E-state index < -0.39 is 11.2 Å². The second kappa shape index (κ2) is 8.88. The molecule has 2 aromatic carbocycles. The maximum Gasteiger partial charge on any atom is 0.248 e. The van der Waals surface area contributed by atoms with E-state index >= 15 is 0 Å². The van der Waals surface area contributed by atoms with Gasteiger partial charge in [0.2, 0.25) is 17.6 Å². The SMILES string of the molecule is CC(Sc1nnc(-c2ccco2)n1-c1ccccc1)C(=O)Nc1ccc(C(N)=O)cc1. The molecule has 0 spiro atoms. The van der Waals surface area contributed by atoms with Crippen molar-refractivity contribution in [2.24, 2.45) is 5.73 Å². The van der Waals surface area contributed by atoms with Gasteiger partial charge in [0.1, 0.15) is 0 Å². The normalized spacial score (nSPS) is 11.8. The summed E-state index contributed by atoms with van der Waals surface area (Å²) in [6.07, 6.45) is 1.58. The summed E-state index contributed by atoms with van der Waals surface area (Å²) in [5.41, 5.74) is 7.05. The highest BCUT2D eigenvalue weighted by atomic mass is 32.2. The molecule has 0 aliphatic heterocycles. The van der Waals surface area contributed by atoms with Crippen LogP contribution in [-0.4, -0.2) is 31.8 Å². The van der Waals surface area contributed by atoms with Crippen LogP contribution in [0.1, 0.15) is 17.3 Å². The first-order chi connectivity index (χ1) is 15.0. The minimum Gasteiger partial charge on any atom is -0.461 e. The Morgan fingerprint density at radius 3 is 2.42 bits per heavy atom. The van der Waals surface area contributed by atoms with E-state index in [1.165, 1.54) is 11.8 Å². The standard InChI is InChI=1S/C22H19N5O3S/c1-14(21(29)24-16-11-9-15(10-12-16)19(23)28)31-22-26-25-20(18-8-5-13-30-18)27(22)17-6-3-2-4-7-17/h2-14H,1H3,(H2,23,28)(H,24,29). The van der Waals surface area contributed by atoms with Crippen LogP contribution >= 0.6 is 11.8 Å². The monoisotopic (exact) mass is 433 g/mol. The molecule has 0 bridgehead atoms. The molecule has 8 nitrogen and oxygen atoms in total. The molecule has 0 aliphatic rings. The van der Waals surface area contributed by atoms with Gasteiger partial charge in [0.25, 0.3) is 0 Å². The van der Waals surface area contributed by atoms with Gasteiger partial charge in [0.05, 0.1) is 11.5 Å². The third kappa shape index (κ3) is 4.51. The van der Waals surface area contributed by atoms with Gasteiger partial charge in [0.15, 0.2) is 10.9 Å². The molecule has 156 valence electrons. The Morgan fingerprint density at radius 1 is 1.03 bits per heavy atom. The van der Waals surface area contributed by atoms with Crippen LogP contribution in [0.5, 0.6) is 0 Å². The maximum atomic E-state index is 12.7. The zero-order chi connectivity index (χ0) is 21.8. The fraction of sp³-hybridized carbons (Fsp3) is 0.0909. The zero-order valence-corrected chi connectivity index (χ0v) is 17.4. The summed E-state index contributed by atoms with van der Waals surface area (Å²) in [7, 11) is 0. The van der Waals surface area contributed by atoms with Crippen molar-refractivity contribution in [1.29, 1.82) is 0 Å². The largest absolute Gasteiger partial charge is 0.461 e. The highest BCUT2D eigenvalue weighted by Gasteiger charge is 2.23. The molecule has 4 rings (SSSR count). The highest BCUT2D eigenvalue weighted by Crippen LogP contribution is 2.30. The number of rotatable bonds is 7. The lowest BCUT2D eigenvalue weighted by Gasteiger charge is -2.13. The van der Waals surface area contributed by atoms with Crippen molar-refractivity contribution in [2.45, 2.75) is 17.3 Å². The smallest absolute Gasteiger partial charge is 0.248 e. The number of primary amides is 1. The van der Waals surface area contributed by atoms with E-state index in [-0.39, 0.29) is 5.91 Å². The summed E-state index contributed by atoms with van der Waals surface area (Å²) in [6.45, 7) is 1.79. The topological polar surface area (TPSA) is 116 Å². The van der Waals surface area contributed by atoms with Crippen LogP contribution in [0.3, 0.4) is 0 Å². The Kier molecular flexibility index (Phi) is 5.85. The lowest BCUT2D eigenvalue weighted by Crippen LogP contribution is -2.23. The van der Waals surface area contributed by atoms with E-state index in [0.29, 0.717) is 28.0 Å². The Balaban J connectivity index is 1.56. The number of thioether (sulfide) groups is 1. The average Bonchev–Trinajstić information content (AvgIpc) is 3.44. The maximum absolute atomic E-state index is 12.7. The Hall–Kier alpha value is -3.85. The third-order valence-corrected chi connectivity index (χ3v) is 5.52. The number of aromatic nitrogens is 3. The molecule has 9 heteroatoms. The number of hydrogen-bond acceptors (Lipinski definition) is 6. The minimum atomic E-state index is -0.519. The van der Waals surface area contributed by atoms with Crippen LogP contribution in [0.15, 0.2) is 82.6 Å². The lowest BCUT2D eigenvalue weighted by atomic mass is 10.2. The van der Waals surface area contributed by atoms with Crippen LogP contribution in [0.2, 0.25) is 0 Å². The molecular weight excluding hydrogens is 414 g/mol. The number of furan rings is 1. The number of carbonyl (C=O) groups excluding carboxylic acids is 2. The Labute approximate surface area is 182 Å². The van der Waals surface area contributed by atoms with Crippen LogP contribution in [0, 0.1) is 0 Å². The number of nitrogens with one attached hydrogen (secondary N) is 1. The molecule has 0 saturated carbocycles. The summed E-state index contributed by atoms with van der Waals surface area (Å²) in [4.78, 5) is 23.9. The molecule has 0 radical (unpaired) electrons. The van der Waals surface area contributed by atoms with Gasteiger partial charge in [-0.2, -0.15) is 0 Å². The van der Waals surface area contributed by atoms with E-state index in [1.54, 1.807) is 43.5 Å². The second-order valence-electron chi connectivity index (χ2n) is 6.65. The molecule has 0 aliphatic carbocycles. The Morgan fingerprint density at radius 2 is 1.77 bits per heavy atom. The van der Waals surface area contributed by atoms with Crippen molar-refractivity contribution in [2.75, 3.05) is 5.32 Å². The van der Waals surface area contributed by atoms with E-state index in [2.05, 4.69) is 15.5 Å². The molecule has 0 fully saturated rings. The number of hydrogen-bond donors (Lipinski definition) is 2. The quantitative estimate of drug-likeness (QED) is 0.429. The van der Waals surface area contributed by atoms with E-state index in [9.17, 15) is 9.59 Å². The number of nitrogens with zero attached hydrogens (tertiary/aromatic N) is 3. The molecular formula is C22H19N5O3S. The van der Waals surface area contributed by atoms with Gasteiger partial charge in [-0.05, 0) is 55.5 Å². The van der Waals surface area contributed by atoms with Gasteiger partial charge >= 0.3 is 0 Å². The first-order valence-electron chi connectivity index (χ1n) is 9.45. The van der Waals surface area contributed by atoms with Crippen LogP contribution < -0.4 is 11.1 Å². The van der Waals surface area contributed by atoms with E-state index in [0.717, 1.165) is 5.69 Å². The molecule has 31 heavy (non-hydrogen) atoms. The summed E-state index contributed by atoms with van der Waals surface area (Å²) in [5.74, 6) is 0.400. The molecule has 1 unspecified atom stereocenters. The van der Waals surface area contributed by atoms with Gasteiger partial charge < -0.3 is 15.5 Å². The van der Waals surface area contributed by atoms with Gasteiger partial charge in [-0.3, -0.25) is 14.2 Å². The summed E-state index contributed by atoms with van der Waals surface area (Å²) < 4.78 is 7.36. The molecule has 2 aromatic heterocycles. The number of anilines is 1. The fourth-order valence-electron chi connectivity index (χ4n) is 2.89. The van der Waals surface area contributed by atoms with Crippen molar-refractivity contribution in [3.8, 4) is 17.3 Å². The first-order valence-corrected chi connectivity index (χ1v) is 10.3. The third-order valence-electron chi connectivity index (χ3n) is 4.48. The molecule has 2 heterocycles. The minimum absolute atomic E-state index is 0.209. The van der Waals surface area contributed by atoms with Gasteiger partial charge in [0, 0.05) is 16.9 Å². The van der Waals surface area contributed by atoms with Crippen molar-refractivity contribution in [3.05, 3.63) is 78.6 Å². The van der Waals surface area contributed by atoms with Crippen LogP contribution in [-0.2, 0) is 4.79 Å². The van der Waals surface area contributed by atoms with Crippen LogP contribution in [0.25, 0.3) is 17.3 Å². The predicted octanol–water partition coefficient (Wildman–Crippen LogP) is 3.75. The van der Waals surface area contributed by atoms with Gasteiger partial charge in [-0.25, -0.2) is 0 Å². The molecule has 1 atom stereocenters. The molecule has 4 aromatic rings. The average molecular weight is 433 g/mol. The summed E-state index contributed by atoms with van der Waals surface area (Å²) in [5, 5.41) is 11.5. The lowest BCUT2D eigenvalue weighted by molar-refractivity contribution is -0.115. The van der Waals surface area contributed by atoms with E-state index in [4.69, 9.17) is 10.2 Å². The summed E-state index contributed by atoms with van der Waals surface area (Å²) >= 11 is 1.28. The predicted molar refractivity (Wildman–Crippen MR) is 118 cm³/mol. The van der Waals surface area contributed by atoms with Crippen molar-refractivity contribution < 1.29 is 14.0 Å². The van der Waals surface area contributed by atoms with Crippen molar-refractivity contribution in [1.82, 2.24) is 14.8 Å². The van der Waals surface area contributed by atoms with Gasteiger partial charge in [-0.1, -0.05) is 30.0 Å². The number of carbonyl (C=O) groups is 2. The number of nitrogens with two attached hydrogens (primary N) is 1. The molecule has 2 amide bonds. The Bertz CT molecular complexity index is 1190. The second-order valence-corrected chi connectivity index (χ2v) is 7.95. The van der Waals surface area contributed by atoms with Crippen LogP contribution in [0.4, 0.5) is 5.69 Å². The number of benzene rings is 2. The zero-order valence-electron chi connectivity index (χ0n) is 16.6.